The van der Waals surface area contributed by atoms with E-state index in [1.807, 2.05) is 31.2 Å². The van der Waals surface area contributed by atoms with E-state index in [0.29, 0.717) is 30.9 Å². The zero-order valence-corrected chi connectivity index (χ0v) is 35.2. The third kappa shape index (κ3) is 10.6. The van der Waals surface area contributed by atoms with Gasteiger partial charge in [-0.15, -0.1) is 12.4 Å². The van der Waals surface area contributed by atoms with Crippen LogP contribution >= 0.6 is 12.4 Å². The van der Waals surface area contributed by atoms with Crippen LogP contribution in [0.2, 0.25) is 0 Å². The molecule has 2 heterocycles. The van der Waals surface area contributed by atoms with E-state index in [0.717, 1.165) is 87.3 Å². The van der Waals surface area contributed by atoms with E-state index >= 15 is 0 Å². The summed E-state index contributed by atoms with van der Waals surface area (Å²) in [6.45, 7) is 16.3. The largest absolute Gasteiger partial charge is 1.00 e. The van der Waals surface area contributed by atoms with Crippen molar-refractivity contribution in [3.8, 4) is 22.5 Å². The van der Waals surface area contributed by atoms with Crippen molar-refractivity contribution >= 4 is 41.0 Å². The number of benzene rings is 3. The number of carbonyl (C=O) groups is 2. The average Bonchev–Trinajstić information content (AvgIpc) is 3.46. The molecule has 3 aliphatic rings. The highest BCUT2D eigenvalue weighted by Crippen LogP contribution is 2.42. The van der Waals surface area contributed by atoms with Crippen LogP contribution in [0.15, 0.2) is 65.1 Å². The SMILES string of the molecule is CCC1C[N+](C)(C)CC1CCC(C)C(=O)OCCCCOC(=O)c1ccccc1-c1c2ccc(=[N+](C)CC)cc-2oc2cc(N(CC)CC)ccc12.Cl.[Cl-]. The van der Waals surface area contributed by atoms with Crippen molar-refractivity contribution < 1.29 is 40.4 Å². The third-order valence-electron chi connectivity index (χ3n) is 11.2. The summed E-state index contributed by atoms with van der Waals surface area (Å²) >= 11 is 0. The van der Waals surface area contributed by atoms with Crippen LogP contribution in [0, 0.1) is 17.8 Å². The van der Waals surface area contributed by atoms with Gasteiger partial charge in [-0.1, -0.05) is 32.0 Å². The fourth-order valence-corrected chi connectivity index (χ4v) is 8.02. The lowest BCUT2D eigenvalue weighted by atomic mass is 9.87. The minimum absolute atomic E-state index is 0. The van der Waals surface area contributed by atoms with Crippen molar-refractivity contribution in [3.63, 3.8) is 0 Å². The van der Waals surface area contributed by atoms with Gasteiger partial charge in [0.25, 0.3) is 0 Å². The first-order valence-electron chi connectivity index (χ1n) is 19.5. The van der Waals surface area contributed by atoms with Crippen LogP contribution in [0.1, 0.15) is 77.1 Å². The molecule has 54 heavy (non-hydrogen) atoms. The number of ether oxygens (including phenoxy) is 2. The van der Waals surface area contributed by atoms with Crippen LogP contribution in [-0.4, -0.2) is 83.5 Å². The molecule has 296 valence electrons. The highest BCUT2D eigenvalue weighted by atomic mass is 35.5. The number of hydrogen-bond acceptors (Lipinski definition) is 6. The Balaban J connectivity index is 0.00000392. The van der Waals surface area contributed by atoms with E-state index in [-0.39, 0.29) is 49.3 Å². The van der Waals surface area contributed by atoms with Crippen LogP contribution in [0.3, 0.4) is 0 Å². The Kier molecular flexibility index (Phi) is 16.9. The molecule has 0 radical (unpaired) electrons. The van der Waals surface area contributed by atoms with Crippen molar-refractivity contribution in [3.05, 3.63) is 71.6 Å². The molecule has 0 aromatic heterocycles. The topological polar surface area (TPSA) is 72.0 Å². The second-order valence-electron chi connectivity index (χ2n) is 15.3. The van der Waals surface area contributed by atoms with Crippen molar-refractivity contribution in [2.24, 2.45) is 17.8 Å². The van der Waals surface area contributed by atoms with Gasteiger partial charge < -0.3 is 35.7 Å². The summed E-state index contributed by atoms with van der Waals surface area (Å²) in [5.74, 6) is 1.57. The third-order valence-corrected chi connectivity index (χ3v) is 11.2. The highest BCUT2D eigenvalue weighted by molar-refractivity contribution is 6.08. The maximum atomic E-state index is 13.7. The van der Waals surface area contributed by atoms with Gasteiger partial charge in [-0.2, -0.15) is 0 Å². The van der Waals surface area contributed by atoms with E-state index in [4.69, 9.17) is 13.9 Å². The molecule has 3 unspecified atom stereocenters. The van der Waals surface area contributed by atoms with Crippen molar-refractivity contribution in [1.82, 2.24) is 4.58 Å². The Morgan fingerprint density at radius 2 is 1.59 bits per heavy atom. The quantitative estimate of drug-likeness (QED) is 0.0490. The molecule has 0 bridgehead atoms. The molecule has 5 rings (SSSR count). The summed E-state index contributed by atoms with van der Waals surface area (Å²) in [5, 5.41) is 2.00. The molecular formula is C44H62Cl2N3O5+. The standard InChI is InChI=1S/C44H61N3O5.2ClH/c1-9-32-29-47(7,8)30-33(32)20-19-31(5)43(48)50-25-15-16-26-51-44(49)37-18-14-13-17-36(37)42-38-23-21-34(45(6)10-2)27-40(38)52-41-28-35(22-24-39(41)42)46(11-3)12-4;;/h13-14,17-18,21-24,27-28,31-33H,9-12,15-16,19-20,25-26,29-30H2,1-8H3;2*1H/q+2;;/p-1. The van der Waals surface area contributed by atoms with Gasteiger partial charge in [0.15, 0.2) is 0 Å². The molecule has 1 saturated heterocycles. The lowest BCUT2D eigenvalue weighted by Gasteiger charge is -2.23. The highest BCUT2D eigenvalue weighted by Gasteiger charge is 2.39. The Morgan fingerprint density at radius 3 is 2.28 bits per heavy atom. The molecule has 1 aliphatic carbocycles. The summed E-state index contributed by atoms with van der Waals surface area (Å²) in [4.78, 5) is 28.7. The van der Waals surface area contributed by atoms with Crippen LogP contribution in [0.4, 0.5) is 5.69 Å². The van der Waals surface area contributed by atoms with Crippen LogP contribution in [0.25, 0.3) is 33.4 Å². The van der Waals surface area contributed by atoms with E-state index in [2.05, 4.69) is 94.7 Å². The second-order valence-corrected chi connectivity index (χ2v) is 15.3. The van der Waals surface area contributed by atoms with E-state index in [1.165, 1.54) is 19.5 Å². The number of likely N-dealkylation sites (tertiary alicyclic amines) is 1. The van der Waals surface area contributed by atoms with Crippen LogP contribution in [-0.2, 0) is 14.3 Å². The number of halogens is 2. The van der Waals surface area contributed by atoms with Gasteiger partial charge in [0.1, 0.15) is 24.9 Å². The number of quaternary nitrogens is 1. The van der Waals surface area contributed by atoms with E-state index in [1.54, 1.807) is 0 Å². The summed E-state index contributed by atoms with van der Waals surface area (Å²) in [5.41, 5.74) is 5.06. The minimum atomic E-state index is -0.371. The molecule has 0 saturated carbocycles. The monoisotopic (exact) mass is 782 g/mol. The van der Waals surface area contributed by atoms with Crippen LogP contribution in [0.5, 0.6) is 0 Å². The molecule has 0 N–H and O–H groups in total. The Bertz CT molecular complexity index is 1890. The van der Waals surface area contributed by atoms with Gasteiger partial charge in [0.2, 0.25) is 5.36 Å². The first-order chi connectivity index (χ1) is 25.0. The Morgan fingerprint density at radius 1 is 0.907 bits per heavy atom. The number of fused-ring (bicyclic) bond motifs is 2. The molecule has 2 aliphatic heterocycles. The number of hydrogen-bond donors (Lipinski definition) is 0. The number of anilines is 1. The molecule has 0 amide bonds. The molecular weight excluding hydrogens is 721 g/mol. The minimum Gasteiger partial charge on any atom is -1.00 e. The van der Waals surface area contributed by atoms with E-state index < -0.39 is 0 Å². The van der Waals surface area contributed by atoms with Gasteiger partial charge in [-0.05, 0) is 82.7 Å². The van der Waals surface area contributed by atoms with Crippen molar-refractivity contribution in [1.29, 1.82) is 0 Å². The van der Waals surface area contributed by atoms with Crippen molar-refractivity contribution in [2.75, 3.05) is 72.0 Å². The zero-order valence-electron chi connectivity index (χ0n) is 33.7. The predicted molar refractivity (Wildman–Crippen MR) is 219 cm³/mol. The van der Waals surface area contributed by atoms with E-state index in [9.17, 15) is 9.59 Å². The lowest BCUT2D eigenvalue weighted by molar-refractivity contribution is -0.880. The summed E-state index contributed by atoms with van der Waals surface area (Å²) < 4.78 is 21.3. The Labute approximate surface area is 335 Å². The summed E-state index contributed by atoms with van der Waals surface area (Å²) in [6.07, 6.45) is 4.39. The Hall–Kier alpha value is -3.59. The molecule has 2 aromatic rings. The molecule has 8 nitrogen and oxygen atoms in total. The molecule has 2 aromatic carbocycles. The van der Waals surface area contributed by atoms with Crippen LogP contribution < -0.4 is 27.2 Å². The van der Waals surface area contributed by atoms with Gasteiger partial charge in [-0.3, -0.25) is 4.79 Å². The summed E-state index contributed by atoms with van der Waals surface area (Å²) in [7, 11) is 6.68. The second kappa shape index (κ2) is 20.4. The fraction of sp³-hybridized carbons (Fsp3) is 0.523. The van der Waals surface area contributed by atoms with Gasteiger partial charge in [0.05, 0.1) is 57.9 Å². The molecule has 0 spiro atoms. The number of rotatable bonds is 16. The normalized spacial score (nSPS) is 17.3. The number of carbonyl (C=O) groups excluding carboxylic acids is 2. The smallest absolute Gasteiger partial charge is 0.338 e. The first-order valence-corrected chi connectivity index (χ1v) is 19.5. The maximum Gasteiger partial charge on any atom is 0.338 e. The lowest BCUT2D eigenvalue weighted by Crippen LogP contribution is -3.00. The van der Waals surface area contributed by atoms with Gasteiger partial charge in [-0.25, -0.2) is 9.37 Å². The number of esters is 2. The van der Waals surface area contributed by atoms with Crippen molar-refractivity contribution in [2.45, 2.75) is 66.7 Å². The number of unbranched alkanes of at least 4 members (excludes halogenated alkanes) is 1. The van der Waals surface area contributed by atoms with Gasteiger partial charge >= 0.3 is 11.9 Å². The molecule has 3 atom stereocenters. The zero-order chi connectivity index (χ0) is 37.4. The first kappa shape index (κ1) is 44.8. The summed E-state index contributed by atoms with van der Waals surface area (Å²) in [6, 6.07) is 20.3. The van der Waals surface area contributed by atoms with Gasteiger partial charge in [0, 0.05) is 59.3 Å². The maximum absolute atomic E-state index is 13.7. The predicted octanol–water partition coefficient (Wildman–Crippen LogP) is 5.53. The number of nitrogens with zero attached hydrogens (tertiary/aromatic N) is 3. The molecule has 10 heteroatoms. The average molecular weight is 784 g/mol. The fourth-order valence-electron chi connectivity index (χ4n) is 8.02. The molecule has 1 fully saturated rings.